The number of halogens is 3. The van der Waals surface area contributed by atoms with Crippen LogP contribution in [-0.4, -0.2) is 23.0 Å². The van der Waals surface area contributed by atoms with E-state index in [1.165, 1.54) is 36.5 Å². The second-order valence-electron chi connectivity index (χ2n) is 5.41. The molecular weight excluding hydrogens is 383 g/mol. The maximum absolute atomic E-state index is 12.3. The number of amides is 2. The standard InChI is InChI=1S/C17H12F3N3O3S/c1-9(24)21-16-23-13-6-5-12(8-14(13)27-16)26-11-4-2-3-10(7-11)22-15(25)17(18,19)20/h2-8H,1H3,(H,22,25)(H,21,23,24). The number of hydrogen-bond donors (Lipinski definition) is 2. The molecule has 0 spiro atoms. The maximum atomic E-state index is 12.3. The van der Waals surface area contributed by atoms with Crippen LogP contribution in [0.1, 0.15) is 6.92 Å². The van der Waals surface area contributed by atoms with E-state index >= 15 is 0 Å². The van der Waals surface area contributed by atoms with Crippen LogP contribution in [0.4, 0.5) is 24.0 Å². The third kappa shape index (κ3) is 4.73. The number of alkyl halides is 3. The zero-order valence-corrected chi connectivity index (χ0v) is 14.6. The Bertz CT molecular complexity index is 1020. The first-order valence-electron chi connectivity index (χ1n) is 7.55. The number of carbonyl (C=O) groups is 2. The van der Waals surface area contributed by atoms with E-state index in [4.69, 9.17) is 4.74 Å². The Labute approximate surface area is 155 Å². The zero-order chi connectivity index (χ0) is 19.6. The highest BCUT2D eigenvalue weighted by atomic mass is 32.1. The third-order valence-corrected chi connectivity index (χ3v) is 4.16. The maximum Gasteiger partial charge on any atom is 0.471 e. The summed E-state index contributed by atoms with van der Waals surface area (Å²) in [5, 5.41) is 4.81. The quantitative estimate of drug-likeness (QED) is 0.679. The summed E-state index contributed by atoms with van der Waals surface area (Å²) in [6, 6.07) is 10.6. The molecule has 0 saturated carbocycles. The molecule has 2 aromatic carbocycles. The topological polar surface area (TPSA) is 80.3 Å². The number of carbonyl (C=O) groups excluding carboxylic acids is 2. The Kier molecular flexibility index (Phi) is 5.00. The highest BCUT2D eigenvalue weighted by Gasteiger charge is 2.38. The van der Waals surface area contributed by atoms with Crippen LogP contribution in [0.5, 0.6) is 11.5 Å². The van der Waals surface area contributed by atoms with Gasteiger partial charge in [0.15, 0.2) is 5.13 Å². The minimum absolute atomic E-state index is 0.0402. The molecule has 0 saturated heterocycles. The average Bonchev–Trinajstić information content (AvgIpc) is 2.95. The molecule has 0 radical (unpaired) electrons. The predicted molar refractivity (Wildman–Crippen MR) is 95.1 cm³/mol. The van der Waals surface area contributed by atoms with E-state index in [1.807, 2.05) is 0 Å². The number of hydrogen-bond acceptors (Lipinski definition) is 5. The molecule has 2 amide bonds. The molecule has 0 aliphatic heterocycles. The van der Waals surface area contributed by atoms with Crippen molar-refractivity contribution in [3.05, 3.63) is 42.5 Å². The predicted octanol–water partition coefficient (Wildman–Crippen LogP) is 4.55. The van der Waals surface area contributed by atoms with Crippen molar-refractivity contribution in [1.29, 1.82) is 0 Å². The molecule has 0 aliphatic carbocycles. The number of anilines is 2. The van der Waals surface area contributed by atoms with Gasteiger partial charge in [-0.25, -0.2) is 4.98 Å². The zero-order valence-electron chi connectivity index (χ0n) is 13.8. The molecule has 2 N–H and O–H groups in total. The lowest BCUT2D eigenvalue weighted by molar-refractivity contribution is -0.167. The fourth-order valence-corrected chi connectivity index (χ4v) is 3.09. The molecule has 0 unspecified atom stereocenters. The fraction of sp³-hybridized carbons (Fsp3) is 0.118. The summed E-state index contributed by atoms with van der Waals surface area (Å²) >= 11 is 1.26. The molecular formula is C17H12F3N3O3S. The molecule has 3 rings (SSSR count). The van der Waals surface area contributed by atoms with E-state index < -0.39 is 12.1 Å². The summed E-state index contributed by atoms with van der Waals surface area (Å²) in [5.74, 6) is -1.61. The Morgan fingerprint density at radius 1 is 1.07 bits per heavy atom. The lowest BCUT2D eigenvalue weighted by atomic mass is 10.3. The summed E-state index contributed by atoms with van der Waals surface area (Å²) in [6.45, 7) is 1.38. The molecule has 6 nitrogen and oxygen atoms in total. The molecule has 27 heavy (non-hydrogen) atoms. The van der Waals surface area contributed by atoms with Gasteiger partial charge in [0.1, 0.15) is 11.5 Å². The van der Waals surface area contributed by atoms with Gasteiger partial charge in [-0.1, -0.05) is 17.4 Å². The lowest BCUT2D eigenvalue weighted by Gasteiger charge is -2.10. The van der Waals surface area contributed by atoms with E-state index in [0.29, 0.717) is 16.4 Å². The molecule has 3 aromatic rings. The van der Waals surface area contributed by atoms with Crippen LogP contribution in [0, 0.1) is 0 Å². The smallest absolute Gasteiger partial charge is 0.457 e. The van der Waals surface area contributed by atoms with Crippen LogP contribution in [0.3, 0.4) is 0 Å². The Morgan fingerprint density at radius 3 is 2.52 bits per heavy atom. The largest absolute Gasteiger partial charge is 0.471 e. The summed E-state index contributed by atoms with van der Waals surface area (Å²) in [7, 11) is 0. The number of fused-ring (bicyclic) bond motifs is 1. The van der Waals surface area contributed by atoms with Crippen molar-refractivity contribution in [2.24, 2.45) is 0 Å². The second kappa shape index (κ2) is 7.23. The number of ether oxygens (including phenoxy) is 1. The summed E-state index contributed by atoms with van der Waals surface area (Å²) < 4.78 is 43.4. The molecule has 1 aromatic heterocycles. The van der Waals surface area contributed by atoms with E-state index in [2.05, 4.69) is 10.3 Å². The van der Waals surface area contributed by atoms with E-state index in [9.17, 15) is 22.8 Å². The summed E-state index contributed by atoms with van der Waals surface area (Å²) in [5.41, 5.74) is 0.629. The molecule has 0 aliphatic rings. The highest BCUT2D eigenvalue weighted by Crippen LogP contribution is 2.32. The fourth-order valence-electron chi connectivity index (χ4n) is 2.15. The lowest BCUT2D eigenvalue weighted by Crippen LogP contribution is -2.29. The first-order valence-corrected chi connectivity index (χ1v) is 8.36. The number of aromatic nitrogens is 1. The van der Waals surface area contributed by atoms with Crippen molar-refractivity contribution in [3.63, 3.8) is 0 Å². The average molecular weight is 395 g/mol. The van der Waals surface area contributed by atoms with Crippen LogP contribution in [0.25, 0.3) is 10.2 Å². The van der Waals surface area contributed by atoms with E-state index in [0.717, 1.165) is 4.70 Å². The van der Waals surface area contributed by atoms with Gasteiger partial charge in [-0.2, -0.15) is 13.2 Å². The van der Waals surface area contributed by atoms with Gasteiger partial charge in [-0.05, 0) is 24.3 Å². The van der Waals surface area contributed by atoms with Gasteiger partial charge >= 0.3 is 12.1 Å². The normalized spacial score (nSPS) is 11.3. The SMILES string of the molecule is CC(=O)Nc1nc2ccc(Oc3cccc(NC(=O)C(F)(F)F)c3)cc2s1. The van der Waals surface area contributed by atoms with Crippen molar-refractivity contribution < 1.29 is 27.5 Å². The molecule has 1 heterocycles. The Morgan fingerprint density at radius 2 is 1.81 bits per heavy atom. The van der Waals surface area contributed by atoms with Gasteiger partial charge in [0.05, 0.1) is 10.2 Å². The van der Waals surface area contributed by atoms with Crippen LogP contribution in [-0.2, 0) is 9.59 Å². The van der Waals surface area contributed by atoms with Gasteiger partial charge in [0.2, 0.25) is 5.91 Å². The van der Waals surface area contributed by atoms with E-state index in [-0.39, 0.29) is 17.3 Å². The van der Waals surface area contributed by atoms with E-state index in [1.54, 1.807) is 29.6 Å². The third-order valence-electron chi connectivity index (χ3n) is 3.23. The van der Waals surface area contributed by atoms with Gasteiger partial charge < -0.3 is 15.4 Å². The molecule has 140 valence electrons. The second-order valence-corrected chi connectivity index (χ2v) is 6.44. The summed E-state index contributed by atoms with van der Waals surface area (Å²) in [6.07, 6.45) is -4.97. The number of nitrogens with zero attached hydrogens (tertiary/aromatic N) is 1. The van der Waals surface area contributed by atoms with Gasteiger partial charge in [0, 0.05) is 24.7 Å². The van der Waals surface area contributed by atoms with Crippen LogP contribution >= 0.6 is 11.3 Å². The van der Waals surface area contributed by atoms with Gasteiger partial charge in [0.25, 0.3) is 0 Å². The Hall–Kier alpha value is -3.14. The summed E-state index contributed by atoms with van der Waals surface area (Å²) in [4.78, 5) is 26.4. The number of nitrogens with one attached hydrogen (secondary N) is 2. The molecule has 0 bridgehead atoms. The minimum Gasteiger partial charge on any atom is -0.457 e. The van der Waals surface area contributed by atoms with Crippen molar-refractivity contribution in [2.75, 3.05) is 10.6 Å². The van der Waals surface area contributed by atoms with Gasteiger partial charge in [-0.15, -0.1) is 0 Å². The molecule has 10 heteroatoms. The first-order chi connectivity index (χ1) is 12.7. The van der Waals surface area contributed by atoms with Crippen molar-refractivity contribution >= 4 is 44.2 Å². The van der Waals surface area contributed by atoms with Crippen LogP contribution < -0.4 is 15.4 Å². The number of rotatable bonds is 4. The van der Waals surface area contributed by atoms with Crippen LogP contribution in [0.2, 0.25) is 0 Å². The first kappa shape index (κ1) is 18.6. The highest BCUT2D eigenvalue weighted by molar-refractivity contribution is 7.22. The molecule has 0 atom stereocenters. The van der Waals surface area contributed by atoms with Crippen molar-refractivity contribution in [1.82, 2.24) is 4.98 Å². The van der Waals surface area contributed by atoms with Crippen LogP contribution in [0.15, 0.2) is 42.5 Å². The van der Waals surface area contributed by atoms with Crippen molar-refractivity contribution in [3.8, 4) is 11.5 Å². The minimum atomic E-state index is -4.97. The number of benzene rings is 2. The van der Waals surface area contributed by atoms with Crippen molar-refractivity contribution in [2.45, 2.75) is 13.1 Å². The Balaban J connectivity index is 1.77. The van der Waals surface area contributed by atoms with Gasteiger partial charge in [-0.3, -0.25) is 9.59 Å². The molecule has 0 fully saturated rings. The monoisotopic (exact) mass is 395 g/mol. The number of thiazole rings is 1.